The Labute approximate surface area is 106 Å². The van der Waals surface area contributed by atoms with E-state index in [-0.39, 0.29) is 0 Å². The molecule has 95 valence electrons. The van der Waals surface area contributed by atoms with E-state index in [4.69, 9.17) is 0 Å². The zero-order valence-corrected chi connectivity index (χ0v) is 11.0. The zero-order chi connectivity index (χ0) is 11.2. The average Bonchev–Trinajstić information content (AvgIpc) is 2.56. The molecule has 3 unspecified atom stereocenters. The van der Waals surface area contributed by atoms with Crippen molar-refractivity contribution >= 4 is 0 Å². The van der Waals surface area contributed by atoms with Crippen molar-refractivity contribution in [1.82, 2.24) is 4.90 Å². The Bertz CT molecular complexity index is 249. The lowest BCUT2D eigenvalue weighted by atomic mass is 9.54. The highest BCUT2D eigenvalue weighted by Gasteiger charge is 2.50. The van der Waals surface area contributed by atoms with E-state index in [1.54, 1.807) is 19.3 Å². The predicted octanol–water partition coefficient (Wildman–Crippen LogP) is 3.65. The summed E-state index contributed by atoms with van der Waals surface area (Å²) >= 11 is 0. The summed E-state index contributed by atoms with van der Waals surface area (Å²) in [6.07, 6.45) is 13.6. The summed E-state index contributed by atoms with van der Waals surface area (Å²) < 4.78 is 0. The van der Waals surface area contributed by atoms with Crippen LogP contribution < -0.4 is 0 Å². The summed E-state index contributed by atoms with van der Waals surface area (Å²) in [5, 5.41) is 0. The van der Waals surface area contributed by atoms with Crippen molar-refractivity contribution in [3.05, 3.63) is 5.92 Å². The van der Waals surface area contributed by atoms with Gasteiger partial charge in [-0.05, 0) is 81.7 Å². The molecule has 1 radical (unpaired) electrons. The summed E-state index contributed by atoms with van der Waals surface area (Å²) in [6.45, 7) is 2.81. The normalized spacial score (nSPS) is 47.3. The monoisotopic (exact) mass is 232 g/mol. The van der Waals surface area contributed by atoms with E-state index in [0.717, 1.165) is 23.8 Å². The van der Waals surface area contributed by atoms with Gasteiger partial charge in [0.1, 0.15) is 0 Å². The van der Waals surface area contributed by atoms with Gasteiger partial charge in [0.2, 0.25) is 0 Å². The lowest BCUT2D eigenvalue weighted by Gasteiger charge is -2.57. The fourth-order valence-corrected chi connectivity index (χ4v) is 5.54. The molecule has 4 bridgehead atoms. The Hall–Kier alpha value is -0.0400. The van der Waals surface area contributed by atoms with Crippen molar-refractivity contribution in [2.75, 3.05) is 13.1 Å². The van der Waals surface area contributed by atoms with Crippen molar-refractivity contribution < 1.29 is 0 Å². The molecule has 5 aliphatic rings. The second-order valence-electron chi connectivity index (χ2n) is 7.16. The second kappa shape index (κ2) is 4.26. The Morgan fingerprint density at radius 3 is 2.00 bits per heavy atom. The maximum absolute atomic E-state index is 2.89. The molecule has 0 aromatic heterocycles. The molecule has 1 nitrogen and oxygen atoms in total. The Morgan fingerprint density at radius 2 is 1.41 bits per heavy atom. The highest BCUT2D eigenvalue weighted by atomic mass is 15.2. The van der Waals surface area contributed by atoms with Gasteiger partial charge in [0, 0.05) is 6.04 Å². The third-order valence-electron chi connectivity index (χ3n) is 5.94. The van der Waals surface area contributed by atoms with Crippen LogP contribution >= 0.6 is 0 Å². The second-order valence-corrected chi connectivity index (χ2v) is 7.16. The first kappa shape index (κ1) is 10.8. The quantitative estimate of drug-likeness (QED) is 0.667. The van der Waals surface area contributed by atoms with Gasteiger partial charge < -0.3 is 0 Å². The maximum atomic E-state index is 2.89. The molecule has 1 heteroatoms. The van der Waals surface area contributed by atoms with Gasteiger partial charge in [0.05, 0.1) is 0 Å². The third kappa shape index (κ3) is 1.85. The molecule has 1 aliphatic heterocycles. The highest BCUT2D eigenvalue weighted by Crippen LogP contribution is 2.56. The van der Waals surface area contributed by atoms with E-state index in [1.807, 2.05) is 5.92 Å². The fraction of sp³-hybridized carbons (Fsp3) is 0.938. The Balaban J connectivity index is 1.53. The van der Waals surface area contributed by atoms with Crippen LogP contribution in [0.15, 0.2) is 0 Å². The van der Waals surface area contributed by atoms with E-state index in [1.165, 1.54) is 51.6 Å². The van der Waals surface area contributed by atoms with Gasteiger partial charge in [-0.3, -0.25) is 4.90 Å². The summed E-state index contributed by atoms with van der Waals surface area (Å²) in [5.74, 6) is 5.25. The fourth-order valence-electron chi connectivity index (χ4n) is 5.54. The van der Waals surface area contributed by atoms with E-state index in [2.05, 4.69) is 4.90 Å². The van der Waals surface area contributed by atoms with Crippen LogP contribution in [-0.4, -0.2) is 24.0 Å². The molecular formula is C16H26N. The van der Waals surface area contributed by atoms with Crippen molar-refractivity contribution in [3.63, 3.8) is 0 Å². The number of likely N-dealkylation sites (tertiary alicyclic amines) is 1. The number of hydrogen-bond acceptors (Lipinski definition) is 1. The first-order chi connectivity index (χ1) is 8.40. The van der Waals surface area contributed by atoms with E-state index in [9.17, 15) is 0 Å². The van der Waals surface area contributed by atoms with Gasteiger partial charge in [-0.25, -0.2) is 0 Å². The summed E-state index contributed by atoms with van der Waals surface area (Å²) in [7, 11) is 0. The van der Waals surface area contributed by atoms with Crippen LogP contribution in [0.1, 0.15) is 57.8 Å². The Kier molecular flexibility index (Phi) is 2.72. The minimum Gasteiger partial charge on any atom is -0.300 e. The smallest absolute Gasteiger partial charge is 0.0186 e. The topological polar surface area (TPSA) is 3.24 Å². The van der Waals surface area contributed by atoms with Crippen LogP contribution in [-0.2, 0) is 0 Å². The number of nitrogens with zero attached hydrogens (tertiary/aromatic N) is 1. The highest BCUT2D eigenvalue weighted by molar-refractivity contribution is 5.17. The molecule has 0 amide bonds. The van der Waals surface area contributed by atoms with Crippen LogP contribution in [0.5, 0.6) is 0 Å². The zero-order valence-electron chi connectivity index (χ0n) is 11.0. The molecular weight excluding hydrogens is 206 g/mol. The molecule has 5 rings (SSSR count). The predicted molar refractivity (Wildman–Crippen MR) is 70.6 cm³/mol. The van der Waals surface area contributed by atoms with Gasteiger partial charge in [-0.2, -0.15) is 0 Å². The molecule has 17 heavy (non-hydrogen) atoms. The van der Waals surface area contributed by atoms with Crippen LogP contribution in [0.25, 0.3) is 0 Å². The molecule has 3 atom stereocenters. The van der Waals surface area contributed by atoms with Crippen molar-refractivity contribution in [1.29, 1.82) is 0 Å². The van der Waals surface area contributed by atoms with Gasteiger partial charge >= 0.3 is 0 Å². The van der Waals surface area contributed by atoms with Gasteiger partial charge in [-0.15, -0.1) is 0 Å². The average molecular weight is 232 g/mol. The van der Waals surface area contributed by atoms with Crippen LogP contribution in [0, 0.1) is 23.7 Å². The molecule has 0 aromatic carbocycles. The van der Waals surface area contributed by atoms with E-state index >= 15 is 0 Å². The lowest BCUT2D eigenvalue weighted by molar-refractivity contribution is 0.00484. The maximum Gasteiger partial charge on any atom is 0.0186 e. The summed E-state index contributed by atoms with van der Waals surface area (Å²) in [5.41, 5.74) is 0. The van der Waals surface area contributed by atoms with Crippen molar-refractivity contribution in [2.45, 2.75) is 63.8 Å². The molecule has 4 saturated carbocycles. The van der Waals surface area contributed by atoms with Crippen LogP contribution in [0.2, 0.25) is 0 Å². The summed E-state index contributed by atoms with van der Waals surface area (Å²) in [4.78, 5) is 2.89. The molecule has 0 aromatic rings. The molecule has 1 heterocycles. The summed E-state index contributed by atoms with van der Waals surface area (Å²) in [6, 6.07) is 0.931. The third-order valence-corrected chi connectivity index (χ3v) is 5.94. The molecule has 1 saturated heterocycles. The molecule has 5 fully saturated rings. The minimum absolute atomic E-state index is 0.931. The first-order valence-corrected chi connectivity index (χ1v) is 7.99. The molecule has 4 aliphatic carbocycles. The first-order valence-electron chi connectivity index (χ1n) is 7.99. The largest absolute Gasteiger partial charge is 0.300 e. The van der Waals surface area contributed by atoms with Gasteiger partial charge in [0.25, 0.3) is 0 Å². The SMILES string of the molecule is C1CCCN(C2[C]3CC4CC(C3)CC2C4)CC1. The van der Waals surface area contributed by atoms with Crippen LogP contribution in [0.4, 0.5) is 0 Å². The molecule has 0 N–H and O–H groups in total. The van der Waals surface area contributed by atoms with Crippen LogP contribution in [0.3, 0.4) is 0 Å². The van der Waals surface area contributed by atoms with Gasteiger partial charge in [0.15, 0.2) is 0 Å². The van der Waals surface area contributed by atoms with Crippen molar-refractivity contribution in [2.24, 2.45) is 17.8 Å². The standard InChI is InChI=1S/C16H26N/c1-2-4-6-17(5-3-1)16-14-8-12-7-13(10-14)11-15(16)9-12/h12-14,16H,1-11H2. The van der Waals surface area contributed by atoms with E-state index < -0.39 is 0 Å². The minimum atomic E-state index is 0.931. The molecule has 0 spiro atoms. The van der Waals surface area contributed by atoms with E-state index in [0.29, 0.717) is 0 Å². The number of rotatable bonds is 1. The Morgan fingerprint density at radius 1 is 0.765 bits per heavy atom. The van der Waals surface area contributed by atoms with Crippen molar-refractivity contribution in [3.8, 4) is 0 Å². The lowest BCUT2D eigenvalue weighted by Crippen LogP contribution is -2.55. The van der Waals surface area contributed by atoms with Gasteiger partial charge in [-0.1, -0.05) is 12.8 Å². The number of hydrogen-bond donors (Lipinski definition) is 0.